The Labute approximate surface area is 161 Å². The number of carboxylic acids is 1. The second-order valence-electron chi connectivity index (χ2n) is 7.59. The van der Waals surface area contributed by atoms with Gasteiger partial charge in [-0.2, -0.15) is 13.2 Å². The zero-order chi connectivity index (χ0) is 21.1. The summed E-state index contributed by atoms with van der Waals surface area (Å²) in [5, 5.41) is 11.7. The second kappa shape index (κ2) is 8.04. The first kappa shape index (κ1) is 21.5. The highest BCUT2D eigenvalue weighted by molar-refractivity contribution is 5.96. The Morgan fingerprint density at radius 1 is 1.00 bits per heavy atom. The number of amides is 1. The molecule has 0 aliphatic heterocycles. The standard InChI is InChI=1S/C21H22F3NO3/c1-20(2,3)15-9-7-13(8-10-15)11-17(19(27)28)25-18(26)14-5-4-6-16(12-14)21(22,23)24/h4-10,12,17H,11H2,1-3H3,(H,25,26)(H,27,28)/t17-/m1/s1. The Bertz CT molecular complexity index is 852. The van der Waals surface area contributed by atoms with Crippen LogP contribution in [0.5, 0.6) is 0 Å². The van der Waals surface area contributed by atoms with Crippen molar-refractivity contribution in [1.82, 2.24) is 5.32 Å². The summed E-state index contributed by atoms with van der Waals surface area (Å²) in [6.45, 7) is 6.16. The summed E-state index contributed by atoms with van der Waals surface area (Å²) in [5.74, 6) is -2.13. The minimum atomic E-state index is -4.59. The van der Waals surface area contributed by atoms with Crippen LogP contribution >= 0.6 is 0 Å². The van der Waals surface area contributed by atoms with E-state index in [1.165, 1.54) is 6.07 Å². The van der Waals surface area contributed by atoms with Crippen LogP contribution in [-0.4, -0.2) is 23.0 Å². The summed E-state index contributed by atoms with van der Waals surface area (Å²) in [7, 11) is 0. The van der Waals surface area contributed by atoms with E-state index in [-0.39, 0.29) is 17.4 Å². The predicted octanol–water partition coefficient (Wildman–Crippen LogP) is 4.43. The smallest absolute Gasteiger partial charge is 0.416 e. The zero-order valence-corrected chi connectivity index (χ0v) is 15.8. The lowest BCUT2D eigenvalue weighted by Crippen LogP contribution is -2.42. The lowest BCUT2D eigenvalue weighted by atomic mass is 9.86. The van der Waals surface area contributed by atoms with Crippen molar-refractivity contribution >= 4 is 11.9 Å². The molecule has 0 aromatic heterocycles. The van der Waals surface area contributed by atoms with Gasteiger partial charge in [-0.05, 0) is 34.7 Å². The van der Waals surface area contributed by atoms with Crippen LogP contribution < -0.4 is 5.32 Å². The fraction of sp³-hybridized carbons (Fsp3) is 0.333. The maximum atomic E-state index is 12.8. The third-order valence-corrected chi connectivity index (χ3v) is 4.32. The van der Waals surface area contributed by atoms with Gasteiger partial charge in [0.05, 0.1) is 5.56 Å². The number of benzene rings is 2. The molecule has 0 saturated carbocycles. The molecular weight excluding hydrogens is 371 g/mol. The third-order valence-electron chi connectivity index (χ3n) is 4.32. The molecule has 2 N–H and O–H groups in total. The number of carbonyl (C=O) groups excluding carboxylic acids is 1. The predicted molar refractivity (Wildman–Crippen MR) is 99.2 cm³/mol. The van der Waals surface area contributed by atoms with Gasteiger partial charge in [-0.3, -0.25) is 4.79 Å². The minimum Gasteiger partial charge on any atom is -0.480 e. The van der Waals surface area contributed by atoms with Crippen molar-refractivity contribution in [2.75, 3.05) is 0 Å². The molecule has 2 aromatic carbocycles. The van der Waals surface area contributed by atoms with Crippen LogP contribution in [0, 0.1) is 0 Å². The Kier molecular flexibility index (Phi) is 6.17. The number of halogens is 3. The highest BCUT2D eigenvalue weighted by Crippen LogP contribution is 2.29. The molecule has 0 heterocycles. The molecule has 28 heavy (non-hydrogen) atoms. The van der Waals surface area contributed by atoms with Crippen molar-refractivity contribution in [3.05, 3.63) is 70.8 Å². The Balaban J connectivity index is 2.15. The van der Waals surface area contributed by atoms with Crippen LogP contribution in [0.2, 0.25) is 0 Å². The Morgan fingerprint density at radius 2 is 1.61 bits per heavy atom. The lowest BCUT2D eigenvalue weighted by molar-refractivity contribution is -0.139. The quantitative estimate of drug-likeness (QED) is 0.790. The lowest BCUT2D eigenvalue weighted by Gasteiger charge is -2.20. The van der Waals surface area contributed by atoms with Crippen molar-refractivity contribution in [2.45, 2.75) is 44.8 Å². The molecule has 0 saturated heterocycles. The topological polar surface area (TPSA) is 66.4 Å². The molecule has 1 amide bonds. The third kappa shape index (κ3) is 5.58. The van der Waals surface area contributed by atoms with Crippen LogP contribution in [0.25, 0.3) is 0 Å². The van der Waals surface area contributed by atoms with E-state index in [1.54, 1.807) is 12.1 Å². The van der Waals surface area contributed by atoms with Crippen molar-refractivity contribution in [3.63, 3.8) is 0 Å². The van der Waals surface area contributed by atoms with Gasteiger partial charge in [0.25, 0.3) is 5.91 Å². The van der Waals surface area contributed by atoms with Crippen LogP contribution in [-0.2, 0) is 22.8 Å². The van der Waals surface area contributed by atoms with Gasteiger partial charge in [0, 0.05) is 12.0 Å². The number of rotatable bonds is 5. The van der Waals surface area contributed by atoms with E-state index < -0.39 is 29.7 Å². The highest BCUT2D eigenvalue weighted by atomic mass is 19.4. The number of aliphatic carboxylic acids is 1. The summed E-state index contributed by atoms with van der Waals surface area (Å²) < 4.78 is 38.4. The average molecular weight is 393 g/mol. The van der Waals surface area contributed by atoms with E-state index in [9.17, 15) is 27.9 Å². The van der Waals surface area contributed by atoms with Crippen LogP contribution in [0.4, 0.5) is 13.2 Å². The SMILES string of the molecule is CC(C)(C)c1ccc(C[C@@H](NC(=O)c2cccc(C(F)(F)F)c2)C(=O)O)cc1. The van der Waals surface area contributed by atoms with Gasteiger partial charge in [0.15, 0.2) is 0 Å². The molecule has 0 unspecified atom stereocenters. The zero-order valence-electron chi connectivity index (χ0n) is 15.8. The van der Waals surface area contributed by atoms with E-state index in [0.29, 0.717) is 11.6 Å². The molecule has 4 nitrogen and oxygen atoms in total. The monoisotopic (exact) mass is 393 g/mol. The summed E-state index contributed by atoms with van der Waals surface area (Å²) in [6, 6.07) is 9.96. The van der Waals surface area contributed by atoms with E-state index >= 15 is 0 Å². The molecule has 0 radical (unpaired) electrons. The van der Waals surface area contributed by atoms with E-state index in [2.05, 4.69) is 26.1 Å². The normalized spacial score (nSPS) is 13.1. The van der Waals surface area contributed by atoms with Gasteiger partial charge in [0.1, 0.15) is 6.04 Å². The van der Waals surface area contributed by atoms with Crippen molar-refractivity contribution in [3.8, 4) is 0 Å². The molecule has 0 fully saturated rings. The molecular formula is C21H22F3NO3. The molecule has 2 rings (SSSR count). The fourth-order valence-corrected chi connectivity index (χ4v) is 2.65. The highest BCUT2D eigenvalue weighted by Gasteiger charge is 2.31. The van der Waals surface area contributed by atoms with Crippen LogP contribution in [0.1, 0.15) is 47.8 Å². The van der Waals surface area contributed by atoms with Gasteiger partial charge in [-0.1, -0.05) is 51.1 Å². The maximum Gasteiger partial charge on any atom is 0.416 e. The largest absolute Gasteiger partial charge is 0.480 e. The molecule has 0 aliphatic rings. The average Bonchev–Trinajstić information content (AvgIpc) is 2.60. The van der Waals surface area contributed by atoms with Gasteiger partial charge >= 0.3 is 12.1 Å². The molecule has 7 heteroatoms. The summed E-state index contributed by atoms with van der Waals surface area (Å²) in [4.78, 5) is 23.8. The van der Waals surface area contributed by atoms with Gasteiger partial charge < -0.3 is 10.4 Å². The number of carbonyl (C=O) groups is 2. The Hall–Kier alpha value is -2.83. The molecule has 0 spiro atoms. The first-order valence-electron chi connectivity index (χ1n) is 8.68. The fourth-order valence-electron chi connectivity index (χ4n) is 2.65. The van der Waals surface area contributed by atoms with Crippen molar-refractivity contribution in [1.29, 1.82) is 0 Å². The number of hydrogen-bond donors (Lipinski definition) is 2. The number of nitrogens with one attached hydrogen (secondary N) is 1. The first-order valence-corrected chi connectivity index (χ1v) is 8.68. The van der Waals surface area contributed by atoms with Gasteiger partial charge in [-0.15, -0.1) is 0 Å². The summed E-state index contributed by atoms with van der Waals surface area (Å²) in [5.41, 5.74) is 0.512. The van der Waals surface area contributed by atoms with Gasteiger partial charge in [0.2, 0.25) is 0 Å². The van der Waals surface area contributed by atoms with Crippen LogP contribution in [0.3, 0.4) is 0 Å². The summed E-state index contributed by atoms with van der Waals surface area (Å²) in [6.07, 6.45) is -4.57. The molecule has 150 valence electrons. The first-order chi connectivity index (χ1) is 12.9. The van der Waals surface area contributed by atoms with Crippen molar-refractivity contribution in [2.24, 2.45) is 0 Å². The minimum absolute atomic E-state index is 0.0183. The van der Waals surface area contributed by atoms with Gasteiger partial charge in [-0.25, -0.2) is 4.79 Å². The number of alkyl halides is 3. The molecule has 2 aromatic rings. The van der Waals surface area contributed by atoms with Crippen LogP contribution in [0.15, 0.2) is 48.5 Å². The van der Waals surface area contributed by atoms with E-state index in [0.717, 1.165) is 17.7 Å². The molecule has 0 aliphatic carbocycles. The van der Waals surface area contributed by atoms with E-state index in [1.807, 2.05) is 12.1 Å². The molecule has 0 bridgehead atoms. The summed E-state index contributed by atoms with van der Waals surface area (Å²) >= 11 is 0. The second-order valence-corrected chi connectivity index (χ2v) is 7.59. The number of hydrogen-bond acceptors (Lipinski definition) is 2. The Morgan fingerprint density at radius 3 is 2.11 bits per heavy atom. The molecule has 1 atom stereocenters. The van der Waals surface area contributed by atoms with E-state index in [4.69, 9.17) is 0 Å². The number of carboxylic acid groups (broad SMARTS) is 1. The maximum absolute atomic E-state index is 12.8. The van der Waals surface area contributed by atoms with Crippen molar-refractivity contribution < 1.29 is 27.9 Å².